The Morgan fingerprint density at radius 1 is 1.41 bits per heavy atom. The standard InChI is InChI=1S/C13H16BrN3/c1-3-17-7-12(16-8-17)13(15)10-4-9(2)5-11(14)6-10/h4-8,13H,3,15H2,1-2H3. The summed E-state index contributed by atoms with van der Waals surface area (Å²) in [6, 6.07) is 6.04. The molecule has 4 heteroatoms. The fourth-order valence-corrected chi connectivity index (χ4v) is 2.45. The zero-order valence-corrected chi connectivity index (χ0v) is 11.6. The summed E-state index contributed by atoms with van der Waals surface area (Å²) in [6.45, 7) is 5.06. The SMILES string of the molecule is CCn1cnc(C(N)c2cc(C)cc(Br)c2)c1. The van der Waals surface area contributed by atoms with Crippen molar-refractivity contribution in [3.8, 4) is 0 Å². The maximum absolute atomic E-state index is 6.23. The Kier molecular flexibility index (Phi) is 3.64. The van der Waals surface area contributed by atoms with E-state index in [9.17, 15) is 0 Å². The summed E-state index contributed by atoms with van der Waals surface area (Å²) in [5.74, 6) is 0. The van der Waals surface area contributed by atoms with Crippen LogP contribution in [0.4, 0.5) is 0 Å². The summed E-state index contributed by atoms with van der Waals surface area (Å²) < 4.78 is 3.08. The fourth-order valence-electron chi connectivity index (χ4n) is 1.83. The molecule has 0 fully saturated rings. The Morgan fingerprint density at radius 2 is 2.18 bits per heavy atom. The largest absolute Gasteiger partial charge is 0.337 e. The average molecular weight is 294 g/mol. The Hall–Kier alpha value is -1.13. The number of rotatable bonds is 3. The molecule has 1 aromatic carbocycles. The highest BCUT2D eigenvalue weighted by Gasteiger charge is 2.12. The van der Waals surface area contributed by atoms with Crippen molar-refractivity contribution >= 4 is 15.9 Å². The van der Waals surface area contributed by atoms with Crippen molar-refractivity contribution in [1.82, 2.24) is 9.55 Å². The molecule has 1 aromatic heterocycles. The number of hydrogen-bond acceptors (Lipinski definition) is 2. The highest BCUT2D eigenvalue weighted by molar-refractivity contribution is 9.10. The summed E-state index contributed by atoms with van der Waals surface area (Å²) in [7, 11) is 0. The number of aryl methyl sites for hydroxylation is 2. The molecule has 0 saturated heterocycles. The van der Waals surface area contributed by atoms with Gasteiger partial charge in [0.05, 0.1) is 18.1 Å². The van der Waals surface area contributed by atoms with Crippen molar-refractivity contribution in [3.63, 3.8) is 0 Å². The number of benzene rings is 1. The van der Waals surface area contributed by atoms with Crippen LogP contribution < -0.4 is 5.73 Å². The molecule has 0 aliphatic carbocycles. The molecule has 3 nitrogen and oxygen atoms in total. The summed E-state index contributed by atoms with van der Waals surface area (Å²) in [5.41, 5.74) is 9.41. The van der Waals surface area contributed by atoms with Crippen LogP contribution in [0.3, 0.4) is 0 Å². The molecule has 0 aliphatic heterocycles. The van der Waals surface area contributed by atoms with Crippen molar-refractivity contribution in [2.24, 2.45) is 5.73 Å². The molecule has 0 bridgehead atoms. The van der Waals surface area contributed by atoms with Gasteiger partial charge < -0.3 is 10.3 Å². The molecule has 2 aromatic rings. The third kappa shape index (κ3) is 2.76. The smallest absolute Gasteiger partial charge is 0.0950 e. The first kappa shape index (κ1) is 12.3. The number of nitrogens with two attached hydrogens (primary N) is 1. The van der Waals surface area contributed by atoms with Gasteiger partial charge in [-0.1, -0.05) is 22.0 Å². The monoisotopic (exact) mass is 293 g/mol. The molecule has 0 saturated carbocycles. The van der Waals surface area contributed by atoms with Crippen LogP contribution in [-0.2, 0) is 6.54 Å². The van der Waals surface area contributed by atoms with Crippen molar-refractivity contribution in [3.05, 3.63) is 52.0 Å². The number of imidazole rings is 1. The van der Waals surface area contributed by atoms with Crippen LogP contribution >= 0.6 is 15.9 Å². The topological polar surface area (TPSA) is 43.8 Å². The molecule has 1 heterocycles. The normalized spacial score (nSPS) is 12.7. The highest BCUT2D eigenvalue weighted by atomic mass is 79.9. The van der Waals surface area contributed by atoms with E-state index in [1.54, 1.807) is 0 Å². The Bertz CT molecular complexity index is 499. The number of halogens is 1. The molecule has 17 heavy (non-hydrogen) atoms. The molecule has 0 radical (unpaired) electrons. The Balaban J connectivity index is 2.32. The summed E-state index contributed by atoms with van der Waals surface area (Å²) in [6.07, 6.45) is 3.82. The summed E-state index contributed by atoms with van der Waals surface area (Å²) in [4.78, 5) is 4.35. The van der Waals surface area contributed by atoms with Crippen molar-refractivity contribution in [2.45, 2.75) is 26.4 Å². The van der Waals surface area contributed by atoms with Gasteiger partial charge in [-0.05, 0) is 37.1 Å². The van der Waals surface area contributed by atoms with E-state index in [2.05, 4.69) is 46.9 Å². The van der Waals surface area contributed by atoms with Crippen LogP contribution in [0.25, 0.3) is 0 Å². The minimum Gasteiger partial charge on any atom is -0.337 e. The third-order valence-corrected chi connectivity index (χ3v) is 3.22. The average Bonchev–Trinajstić information content (AvgIpc) is 2.75. The molecule has 2 rings (SSSR count). The lowest BCUT2D eigenvalue weighted by Gasteiger charge is -2.11. The van der Waals surface area contributed by atoms with Gasteiger partial charge in [-0.2, -0.15) is 0 Å². The predicted octanol–water partition coefficient (Wildman–Crippen LogP) is 3.02. The van der Waals surface area contributed by atoms with Crippen LogP contribution in [0.5, 0.6) is 0 Å². The van der Waals surface area contributed by atoms with Crippen molar-refractivity contribution < 1.29 is 0 Å². The third-order valence-electron chi connectivity index (χ3n) is 2.76. The van der Waals surface area contributed by atoms with Gasteiger partial charge in [-0.25, -0.2) is 4.98 Å². The van der Waals surface area contributed by atoms with Gasteiger partial charge in [0.25, 0.3) is 0 Å². The molecule has 0 aliphatic rings. The molecule has 90 valence electrons. The first-order chi connectivity index (χ1) is 8.10. The number of hydrogen-bond donors (Lipinski definition) is 1. The lowest BCUT2D eigenvalue weighted by molar-refractivity contribution is 0.757. The molecule has 2 N–H and O–H groups in total. The number of aromatic nitrogens is 2. The van der Waals surface area contributed by atoms with Gasteiger partial charge in [0.2, 0.25) is 0 Å². The predicted molar refractivity (Wildman–Crippen MR) is 72.8 cm³/mol. The molecule has 0 amide bonds. The van der Waals surface area contributed by atoms with Gasteiger partial charge in [0, 0.05) is 17.2 Å². The van der Waals surface area contributed by atoms with Gasteiger partial charge in [0.1, 0.15) is 0 Å². The van der Waals surface area contributed by atoms with E-state index in [1.807, 2.05) is 23.2 Å². The van der Waals surface area contributed by atoms with Crippen molar-refractivity contribution in [2.75, 3.05) is 0 Å². The zero-order chi connectivity index (χ0) is 12.4. The van der Waals surface area contributed by atoms with Gasteiger partial charge in [0.15, 0.2) is 0 Å². The Labute approximate surface area is 110 Å². The van der Waals surface area contributed by atoms with E-state index in [1.165, 1.54) is 5.56 Å². The summed E-state index contributed by atoms with van der Waals surface area (Å²) in [5, 5.41) is 0. The molecular weight excluding hydrogens is 278 g/mol. The maximum Gasteiger partial charge on any atom is 0.0950 e. The maximum atomic E-state index is 6.23. The van der Waals surface area contributed by atoms with Gasteiger partial charge in [-0.15, -0.1) is 0 Å². The van der Waals surface area contributed by atoms with Crippen LogP contribution in [-0.4, -0.2) is 9.55 Å². The van der Waals surface area contributed by atoms with Crippen LogP contribution in [0.2, 0.25) is 0 Å². The first-order valence-corrected chi connectivity index (χ1v) is 6.43. The lowest BCUT2D eigenvalue weighted by atomic mass is 10.0. The number of nitrogens with zero attached hydrogens (tertiary/aromatic N) is 2. The first-order valence-electron chi connectivity index (χ1n) is 5.64. The van der Waals surface area contributed by atoms with Crippen LogP contribution in [0.1, 0.15) is 29.8 Å². The summed E-state index contributed by atoms with van der Waals surface area (Å²) >= 11 is 3.49. The molecule has 1 atom stereocenters. The molecule has 1 unspecified atom stereocenters. The van der Waals surface area contributed by atoms with Crippen LogP contribution in [0, 0.1) is 6.92 Å². The minimum absolute atomic E-state index is 0.168. The second kappa shape index (κ2) is 5.02. The second-order valence-electron chi connectivity index (χ2n) is 4.17. The van der Waals surface area contributed by atoms with E-state index in [0.717, 1.165) is 22.3 Å². The minimum atomic E-state index is -0.168. The Morgan fingerprint density at radius 3 is 2.76 bits per heavy atom. The van der Waals surface area contributed by atoms with E-state index < -0.39 is 0 Å². The van der Waals surface area contributed by atoms with E-state index in [0.29, 0.717) is 0 Å². The quantitative estimate of drug-likeness (QED) is 0.945. The van der Waals surface area contributed by atoms with Crippen molar-refractivity contribution in [1.29, 1.82) is 0 Å². The molecule has 0 spiro atoms. The van der Waals surface area contributed by atoms with E-state index in [-0.39, 0.29) is 6.04 Å². The van der Waals surface area contributed by atoms with Crippen LogP contribution in [0.15, 0.2) is 35.2 Å². The van der Waals surface area contributed by atoms with Gasteiger partial charge >= 0.3 is 0 Å². The zero-order valence-electron chi connectivity index (χ0n) is 10.0. The second-order valence-corrected chi connectivity index (χ2v) is 5.08. The highest BCUT2D eigenvalue weighted by Crippen LogP contribution is 2.23. The van der Waals surface area contributed by atoms with Gasteiger partial charge in [-0.3, -0.25) is 0 Å². The van der Waals surface area contributed by atoms with E-state index >= 15 is 0 Å². The fraction of sp³-hybridized carbons (Fsp3) is 0.308. The lowest BCUT2D eigenvalue weighted by Crippen LogP contribution is -2.12. The van der Waals surface area contributed by atoms with E-state index in [4.69, 9.17) is 5.73 Å². The molecular formula is C13H16BrN3.